The molecule has 6 heteroatoms. The van der Waals surface area contributed by atoms with E-state index < -0.39 is 17.7 Å². The molecule has 0 aliphatic carbocycles. The van der Waals surface area contributed by atoms with Crippen LogP contribution in [0.15, 0.2) is 24.3 Å². The van der Waals surface area contributed by atoms with Gasteiger partial charge in [0.05, 0.1) is 19.3 Å². The predicted octanol–water partition coefficient (Wildman–Crippen LogP) is 3.29. The number of carbonyl (C=O) groups is 1. The number of alkyl halides is 3. The molecule has 1 aromatic carbocycles. The van der Waals surface area contributed by atoms with E-state index in [1.807, 2.05) is 0 Å². The van der Waals surface area contributed by atoms with Crippen molar-refractivity contribution in [3.8, 4) is 5.75 Å². The van der Waals surface area contributed by atoms with E-state index in [-0.39, 0.29) is 12.4 Å². The monoisotopic (exact) mass is 274 g/mol. The number of halogens is 3. The van der Waals surface area contributed by atoms with Crippen molar-refractivity contribution in [3.63, 3.8) is 0 Å². The third kappa shape index (κ3) is 4.31. The first kappa shape index (κ1) is 15.1. The Morgan fingerprint density at radius 1 is 1.37 bits per heavy atom. The van der Waals surface area contributed by atoms with Gasteiger partial charge >= 0.3 is 12.1 Å². The van der Waals surface area contributed by atoms with Crippen LogP contribution in [0.3, 0.4) is 0 Å². The molecule has 0 saturated heterocycles. The third-order valence-electron chi connectivity index (χ3n) is 2.24. The lowest BCUT2D eigenvalue weighted by molar-refractivity contribution is -0.138. The highest BCUT2D eigenvalue weighted by atomic mass is 19.4. The van der Waals surface area contributed by atoms with E-state index in [2.05, 4.69) is 4.74 Å². The fourth-order valence-corrected chi connectivity index (χ4v) is 1.35. The number of ether oxygens (including phenoxy) is 2. The van der Waals surface area contributed by atoms with Crippen LogP contribution in [0.5, 0.6) is 5.75 Å². The van der Waals surface area contributed by atoms with Gasteiger partial charge in [-0.1, -0.05) is 6.07 Å². The number of carbonyl (C=O) groups excluding carboxylic acids is 1. The highest BCUT2D eigenvalue weighted by Crippen LogP contribution is 2.33. The Morgan fingerprint density at radius 3 is 2.58 bits per heavy atom. The molecule has 3 nitrogen and oxygen atoms in total. The highest BCUT2D eigenvalue weighted by molar-refractivity contribution is 5.87. The van der Waals surface area contributed by atoms with Gasteiger partial charge in [0.1, 0.15) is 5.75 Å². The molecule has 1 rings (SSSR count). The second-order valence-corrected chi connectivity index (χ2v) is 3.54. The molecule has 0 aliphatic heterocycles. The molecule has 0 unspecified atom stereocenters. The van der Waals surface area contributed by atoms with Crippen LogP contribution in [0.25, 0.3) is 6.08 Å². The van der Waals surface area contributed by atoms with Crippen molar-refractivity contribution < 1.29 is 27.4 Å². The molecule has 1 aromatic rings. The minimum absolute atomic E-state index is 0.0671. The van der Waals surface area contributed by atoms with Gasteiger partial charge in [-0.2, -0.15) is 13.2 Å². The van der Waals surface area contributed by atoms with Crippen LogP contribution in [0, 0.1) is 0 Å². The maximum absolute atomic E-state index is 12.6. The van der Waals surface area contributed by atoms with Crippen LogP contribution in [0.2, 0.25) is 0 Å². The molecule has 0 heterocycles. The highest BCUT2D eigenvalue weighted by Gasteiger charge is 2.31. The van der Waals surface area contributed by atoms with Gasteiger partial charge in [-0.15, -0.1) is 0 Å². The third-order valence-corrected chi connectivity index (χ3v) is 2.24. The normalized spacial score (nSPS) is 11.6. The molecule has 0 atom stereocenters. The zero-order valence-corrected chi connectivity index (χ0v) is 10.5. The van der Waals surface area contributed by atoms with Crippen molar-refractivity contribution in [3.05, 3.63) is 35.4 Å². The topological polar surface area (TPSA) is 35.5 Å². The standard InChI is InChI=1S/C13H13F3O3/c1-3-19-11-8-10(13(14,15)16)6-4-9(11)5-7-12(17)18-2/h4-8H,3H2,1-2H3/b7-5+. The maximum Gasteiger partial charge on any atom is 0.416 e. The van der Waals surface area contributed by atoms with Crippen LogP contribution >= 0.6 is 0 Å². The molecular weight excluding hydrogens is 261 g/mol. The summed E-state index contributed by atoms with van der Waals surface area (Å²) >= 11 is 0. The van der Waals surface area contributed by atoms with E-state index in [1.165, 1.54) is 19.3 Å². The van der Waals surface area contributed by atoms with Crippen molar-refractivity contribution in [1.82, 2.24) is 0 Å². The number of rotatable bonds is 4. The van der Waals surface area contributed by atoms with Crippen LogP contribution in [0.1, 0.15) is 18.1 Å². The van der Waals surface area contributed by atoms with Gasteiger partial charge in [0.25, 0.3) is 0 Å². The quantitative estimate of drug-likeness (QED) is 0.624. The zero-order chi connectivity index (χ0) is 14.5. The number of hydrogen-bond acceptors (Lipinski definition) is 3. The lowest BCUT2D eigenvalue weighted by atomic mass is 10.1. The summed E-state index contributed by atoms with van der Waals surface area (Å²) in [5.41, 5.74) is -0.425. The van der Waals surface area contributed by atoms with Gasteiger partial charge in [-0.3, -0.25) is 0 Å². The van der Waals surface area contributed by atoms with E-state index in [0.717, 1.165) is 18.2 Å². The molecule has 0 aliphatic rings. The van der Waals surface area contributed by atoms with E-state index in [9.17, 15) is 18.0 Å². The molecule has 0 aromatic heterocycles. The smallest absolute Gasteiger partial charge is 0.416 e. The maximum atomic E-state index is 12.6. The average molecular weight is 274 g/mol. The summed E-state index contributed by atoms with van der Waals surface area (Å²) in [6.07, 6.45) is -1.97. The second-order valence-electron chi connectivity index (χ2n) is 3.54. The van der Waals surface area contributed by atoms with E-state index in [1.54, 1.807) is 6.92 Å². The first-order chi connectivity index (χ1) is 8.88. The molecule has 0 spiro atoms. The van der Waals surface area contributed by atoms with Gasteiger partial charge in [-0.25, -0.2) is 4.79 Å². The molecule has 0 fully saturated rings. The van der Waals surface area contributed by atoms with Crippen molar-refractivity contribution >= 4 is 12.0 Å². The Hall–Kier alpha value is -1.98. The summed E-state index contributed by atoms with van der Waals surface area (Å²) in [5, 5.41) is 0. The Morgan fingerprint density at radius 2 is 2.05 bits per heavy atom. The first-order valence-corrected chi connectivity index (χ1v) is 5.48. The van der Waals surface area contributed by atoms with E-state index in [4.69, 9.17) is 4.74 Å². The van der Waals surface area contributed by atoms with E-state index >= 15 is 0 Å². The minimum Gasteiger partial charge on any atom is -0.493 e. The summed E-state index contributed by atoms with van der Waals surface area (Å²) in [6.45, 7) is 1.88. The molecule has 0 N–H and O–H groups in total. The van der Waals surface area contributed by atoms with Gasteiger partial charge < -0.3 is 9.47 Å². The summed E-state index contributed by atoms with van der Waals surface area (Å²) in [5.74, 6) is -0.528. The zero-order valence-electron chi connectivity index (χ0n) is 10.5. The number of benzene rings is 1. The van der Waals surface area contributed by atoms with Crippen molar-refractivity contribution in [2.24, 2.45) is 0 Å². The molecule has 0 amide bonds. The summed E-state index contributed by atoms with van der Waals surface area (Å²) < 4.78 is 47.2. The fraction of sp³-hybridized carbons (Fsp3) is 0.308. The van der Waals surface area contributed by atoms with Gasteiger partial charge in [0.15, 0.2) is 0 Å². The van der Waals surface area contributed by atoms with Crippen molar-refractivity contribution in [2.45, 2.75) is 13.1 Å². The SMILES string of the molecule is CCOc1cc(C(F)(F)F)ccc1/C=C/C(=O)OC. The molecular formula is C13H13F3O3. The van der Waals surface area contributed by atoms with Gasteiger partial charge in [0.2, 0.25) is 0 Å². The fourth-order valence-electron chi connectivity index (χ4n) is 1.35. The minimum atomic E-state index is -4.43. The van der Waals surface area contributed by atoms with Crippen LogP contribution in [-0.4, -0.2) is 19.7 Å². The molecule has 0 bridgehead atoms. The van der Waals surface area contributed by atoms with Crippen molar-refractivity contribution in [1.29, 1.82) is 0 Å². The average Bonchev–Trinajstić information content (AvgIpc) is 2.36. The van der Waals surface area contributed by atoms with Crippen LogP contribution in [-0.2, 0) is 15.7 Å². The van der Waals surface area contributed by atoms with Gasteiger partial charge in [0, 0.05) is 11.6 Å². The van der Waals surface area contributed by atoms with Crippen LogP contribution < -0.4 is 4.74 Å². The summed E-state index contributed by atoms with van der Waals surface area (Å²) in [4.78, 5) is 11.0. The lowest BCUT2D eigenvalue weighted by Crippen LogP contribution is -2.06. The first-order valence-electron chi connectivity index (χ1n) is 5.48. The number of methoxy groups -OCH3 is 1. The van der Waals surface area contributed by atoms with Crippen molar-refractivity contribution in [2.75, 3.05) is 13.7 Å². The van der Waals surface area contributed by atoms with Crippen LogP contribution in [0.4, 0.5) is 13.2 Å². The molecule has 104 valence electrons. The Bertz CT molecular complexity index is 479. The molecule has 19 heavy (non-hydrogen) atoms. The Kier molecular flexibility index (Phi) is 4.97. The largest absolute Gasteiger partial charge is 0.493 e. The number of hydrogen-bond donors (Lipinski definition) is 0. The van der Waals surface area contributed by atoms with Gasteiger partial charge in [-0.05, 0) is 25.1 Å². The Balaban J connectivity index is 3.11. The Labute approximate surface area is 108 Å². The second kappa shape index (κ2) is 6.26. The molecule has 0 radical (unpaired) electrons. The predicted molar refractivity (Wildman–Crippen MR) is 63.7 cm³/mol. The summed E-state index contributed by atoms with van der Waals surface area (Å²) in [6, 6.07) is 3.08. The number of esters is 1. The lowest BCUT2D eigenvalue weighted by Gasteiger charge is -2.11. The molecule has 0 saturated carbocycles. The van der Waals surface area contributed by atoms with E-state index in [0.29, 0.717) is 5.56 Å². The summed E-state index contributed by atoms with van der Waals surface area (Å²) in [7, 11) is 1.21.